The first-order valence-corrected chi connectivity index (χ1v) is 11.3. The van der Waals surface area contributed by atoms with Crippen LogP contribution in [0, 0.1) is 0 Å². The Morgan fingerprint density at radius 3 is 1.48 bits per heavy atom. The minimum Gasteiger partial charge on any atom is -0.303 e. The van der Waals surface area contributed by atoms with Crippen LogP contribution in [0.5, 0.6) is 0 Å². The molecule has 0 spiro atoms. The van der Waals surface area contributed by atoms with Gasteiger partial charge in [0.05, 0.1) is 0 Å². The van der Waals surface area contributed by atoms with Crippen LogP contribution in [0.4, 0.5) is 0 Å². The molecule has 138 valence electrons. The van der Waals surface area contributed by atoms with Gasteiger partial charge in [-0.1, -0.05) is 49.3 Å². The Morgan fingerprint density at radius 2 is 1.13 bits per heavy atom. The maximum absolute atomic E-state index is 3.75. The second-order valence-electron chi connectivity index (χ2n) is 6.12. The Morgan fingerprint density at radius 1 is 0.696 bits per heavy atom. The van der Waals surface area contributed by atoms with Crippen molar-refractivity contribution >= 4 is 21.6 Å². The zero-order valence-corrected chi connectivity index (χ0v) is 17.5. The predicted octanol–water partition coefficient (Wildman–Crippen LogP) is 2.09. The van der Waals surface area contributed by atoms with Crippen molar-refractivity contribution < 1.29 is 0 Å². The molecule has 1 N–H and O–H groups in total. The van der Waals surface area contributed by atoms with Crippen LogP contribution in [0.2, 0.25) is 0 Å². The van der Waals surface area contributed by atoms with Gasteiger partial charge >= 0.3 is 0 Å². The number of nitrogens with zero attached hydrogens (tertiary/aromatic N) is 4. The largest absolute Gasteiger partial charge is 0.303 e. The Kier molecular flexibility index (Phi) is 11.2. The fourth-order valence-corrected chi connectivity index (χ4v) is 5.67. The van der Waals surface area contributed by atoms with Crippen LogP contribution >= 0.6 is 21.6 Å². The van der Waals surface area contributed by atoms with Gasteiger partial charge in [0.15, 0.2) is 0 Å². The SMILES string of the molecule is CCN(CC)CCN(CCN(CC)CC)C1NC(N(C)C)SS1. The standard InChI is InChI=1S/C16H37N5S2/c1-7-19(8-2)11-13-21(14-12-20(9-3)10-4)16-17-15(18(5)6)22-23-16/h15-17H,7-14H2,1-6H3. The summed E-state index contributed by atoms with van der Waals surface area (Å²) in [6.45, 7) is 18.1. The number of hydrogen-bond donors (Lipinski definition) is 1. The Hall–Kier alpha value is 0.500. The Balaban J connectivity index is 2.57. The summed E-state index contributed by atoms with van der Waals surface area (Å²) in [6, 6.07) is 0. The van der Waals surface area contributed by atoms with Crippen molar-refractivity contribution in [3.8, 4) is 0 Å². The third-order valence-corrected chi connectivity index (χ3v) is 7.41. The molecule has 1 aliphatic rings. The second kappa shape index (κ2) is 12.0. The van der Waals surface area contributed by atoms with Gasteiger partial charge in [0.2, 0.25) is 0 Å². The number of hydrogen-bond acceptors (Lipinski definition) is 7. The minimum atomic E-state index is 0.411. The lowest BCUT2D eigenvalue weighted by Crippen LogP contribution is -2.50. The monoisotopic (exact) mass is 363 g/mol. The first-order chi connectivity index (χ1) is 11.0. The van der Waals surface area contributed by atoms with E-state index in [1.165, 1.54) is 0 Å². The van der Waals surface area contributed by atoms with Crippen LogP contribution in [0.15, 0.2) is 0 Å². The van der Waals surface area contributed by atoms with E-state index in [1.54, 1.807) is 0 Å². The summed E-state index contributed by atoms with van der Waals surface area (Å²) in [4.78, 5) is 9.91. The molecule has 0 radical (unpaired) electrons. The van der Waals surface area contributed by atoms with E-state index in [1.807, 2.05) is 21.6 Å². The quantitative estimate of drug-likeness (QED) is 0.530. The molecule has 0 amide bonds. The van der Waals surface area contributed by atoms with Gasteiger partial charge < -0.3 is 9.80 Å². The van der Waals surface area contributed by atoms with Crippen LogP contribution in [-0.4, -0.2) is 97.0 Å². The van der Waals surface area contributed by atoms with Crippen molar-refractivity contribution in [3.05, 3.63) is 0 Å². The number of nitrogens with one attached hydrogen (secondary N) is 1. The summed E-state index contributed by atoms with van der Waals surface area (Å²) in [5.41, 5.74) is 0.827. The van der Waals surface area contributed by atoms with Gasteiger partial charge in [-0.2, -0.15) is 0 Å². The van der Waals surface area contributed by atoms with E-state index in [2.05, 4.69) is 66.7 Å². The molecular weight excluding hydrogens is 326 g/mol. The third-order valence-electron chi connectivity index (χ3n) is 4.52. The molecule has 0 aromatic rings. The molecule has 1 fully saturated rings. The highest BCUT2D eigenvalue weighted by molar-refractivity contribution is 8.77. The van der Waals surface area contributed by atoms with Crippen molar-refractivity contribution in [1.82, 2.24) is 24.9 Å². The molecule has 1 saturated heterocycles. The van der Waals surface area contributed by atoms with E-state index in [0.29, 0.717) is 11.0 Å². The zero-order valence-electron chi connectivity index (χ0n) is 15.9. The molecule has 1 rings (SSSR count). The van der Waals surface area contributed by atoms with E-state index in [-0.39, 0.29) is 0 Å². The maximum Gasteiger partial charge on any atom is 0.120 e. The Bertz CT molecular complexity index is 282. The molecule has 0 aliphatic carbocycles. The lowest BCUT2D eigenvalue weighted by molar-refractivity contribution is 0.153. The first-order valence-electron chi connectivity index (χ1n) is 8.98. The molecule has 0 bridgehead atoms. The van der Waals surface area contributed by atoms with Crippen molar-refractivity contribution in [2.75, 3.05) is 66.5 Å². The molecule has 0 saturated carbocycles. The van der Waals surface area contributed by atoms with Crippen molar-refractivity contribution in [3.63, 3.8) is 0 Å². The molecule has 0 aromatic carbocycles. The lowest BCUT2D eigenvalue weighted by atomic mass is 10.4. The van der Waals surface area contributed by atoms with Gasteiger partial charge in [-0.25, -0.2) is 0 Å². The molecule has 23 heavy (non-hydrogen) atoms. The van der Waals surface area contributed by atoms with Crippen molar-refractivity contribution in [1.29, 1.82) is 0 Å². The highest BCUT2D eigenvalue weighted by Crippen LogP contribution is 2.38. The van der Waals surface area contributed by atoms with E-state index in [0.717, 1.165) is 52.4 Å². The first kappa shape index (κ1) is 21.5. The highest BCUT2D eigenvalue weighted by Gasteiger charge is 2.31. The van der Waals surface area contributed by atoms with Crippen LogP contribution in [0.1, 0.15) is 27.7 Å². The average Bonchev–Trinajstić information content (AvgIpc) is 3.04. The third kappa shape index (κ3) is 7.50. The second-order valence-corrected chi connectivity index (χ2v) is 8.55. The fourth-order valence-electron chi connectivity index (χ4n) is 2.65. The summed E-state index contributed by atoms with van der Waals surface area (Å²) in [6.07, 6.45) is 0. The molecular formula is C16H37N5S2. The lowest BCUT2D eigenvalue weighted by Gasteiger charge is -2.32. The summed E-state index contributed by atoms with van der Waals surface area (Å²) in [7, 11) is 8.20. The summed E-state index contributed by atoms with van der Waals surface area (Å²) in [5, 5.41) is 3.75. The van der Waals surface area contributed by atoms with Crippen LogP contribution in [0.25, 0.3) is 0 Å². The van der Waals surface area contributed by atoms with Crippen LogP contribution in [0.3, 0.4) is 0 Å². The van der Waals surface area contributed by atoms with Gasteiger partial charge in [-0.15, -0.1) is 0 Å². The average molecular weight is 364 g/mol. The Labute approximate surface area is 151 Å². The number of rotatable bonds is 12. The van der Waals surface area contributed by atoms with Crippen molar-refractivity contribution in [2.24, 2.45) is 0 Å². The predicted molar refractivity (Wildman–Crippen MR) is 107 cm³/mol. The molecule has 5 nitrogen and oxygen atoms in total. The molecule has 1 heterocycles. The minimum absolute atomic E-state index is 0.411. The van der Waals surface area contributed by atoms with Gasteiger partial charge in [0.25, 0.3) is 0 Å². The summed E-state index contributed by atoms with van der Waals surface area (Å²) >= 11 is 0. The van der Waals surface area contributed by atoms with Crippen molar-refractivity contribution in [2.45, 2.75) is 38.7 Å². The van der Waals surface area contributed by atoms with Gasteiger partial charge in [0, 0.05) is 26.2 Å². The molecule has 2 atom stereocenters. The molecule has 1 aliphatic heterocycles. The topological polar surface area (TPSA) is 25.0 Å². The van der Waals surface area contributed by atoms with E-state index >= 15 is 0 Å². The van der Waals surface area contributed by atoms with Crippen LogP contribution in [-0.2, 0) is 0 Å². The maximum atomic E-state index is 3.75. The van der Waals surface area contributed by atoms with Gasteiger partial charge in [0.1, 0.15) is 11.0 Å². The van der Waals surface area contributed by atoms with E-state index in [9.17, 15) is 0 Å². The van der Waals surface area contributed by atoms with Gasteiger partial charge in [-0.05, 0) is 40.3 Å². The highest BCUT2D eigenvalue weighted by atomic mass is 33.1. The van der Waals surface area contributed by atoms with Gasteiger partial charge in [-0.3, -0.25) is 15.1 Å². The molecule has 2 unspecified atom stereocenters. The van der Waals surface area contributed by atoms with E-state index in [4.69, 9.17) is 0 Å². The zero-order chi connectivity index (χ0) is 17.2. The summed E-state index contributed by atoms with van der Waals surface area (Å²) < 4.78 is 0. The molecule has 0 aromatic heterocycles. The normalized spacial score (nSPS) is 22.2. The smallest absolute Gasteiger partial charge is 0.120 e. The van der Waals surface area contributed by atoms with Crippen LogP contribution < -0.4 is 5.32 Å². The fraction of sp³-hybridized carbons (Fsp3) is 1.00. The summed E-state index contributed by atoms with van der Waals surface area (Å²) in [5.74, 6) is 0. The number of likely N-dealkylation sites (N-methyl/N-ethyl adjacent to an activating group) is 2. The molecule has 7 heteroatoms. The van der Waals surface area contributed by atoms with E-state index < -0.39 is 0 Å².